The molecular weight excluding hydrogens is 338 g/mol. The van der Waals surface area contributed by atoms with E-state index in [2.05, 4.69) is 5.32 Å². The van der Waals surface area contributed by atoms with Crippen LogP contribution < -0.4 is 10.1 Å². The Balaban J connectivity index is 1.74. The van der Waals surface area contributed by atoms with Crippen molar-refractivity contribution in [1.29, 1.82) is 0 Å². The van der Waals surface area contributed by atoms with Gasteiger partial charge in [-0.05, 0) is 17.5 Å². The van der Waals surface area contributed by atoms with Gasteiger partial charge in [-0.3, -0.25) is 14.4 Å². The molecule has 2 aliphatic rings. The SMILES string of the molecule is CC(C)(C)CC(=O)Oc1ccccc1C(=O)NC1=CC(=O)C2OC2C1O. The number of benzene rings is 1. The molecule has 7 nitrogen and oxygen atoms in total. The highest BCUT2D eigenvalue weighted by molar-refractivity contribution is 6.02. The standard InChI is InChI=1S/C19H21NO6/c1-19(2,3)9-14(22)25-13-7-5-4-6-10(13)18(24)20-11-8-12(21)16-17(26-16)15(11)23/h4-8,15-17,23H,9H2,1-3H3,(H,20,24). The number of amides is 1. The van der Waals surface area contributed by atoms with Crippen molar-refractivity contribution in [2.75, 3.05) is 0 Å². The number of hydrogen-bond donors (Lipinski definition) is 2. The van der Waals surface area contributed by atoms with Crippen LogP contribution in [0.15, 0.2) is 36.0 Å². The summed E-state index contributed by atoms with van der Waals surface area (Å²) in [5.74, 6) is -1.20. The zero-order valence-corrected chi connectivity index (χ0v) is 14.8. The normalized spacial score (nSPS) is 24.4. The third-order valence-electron chi connectivity index (χ3n) is 4.02. The number of ketones is 1. The van der Waals surface area contributed by atoms with E-state index in [-0.39, 0.29) is 34.6 Å². The zero-order chi connectivity index (χ0) is 19.1. The van der Waals surface area contributed by atoms with E-state index in [0.717, 1.165) is 0 Å². The van der Waals surface area contributed by atoms with E-state index in [0.29, 0.717) is 0 Å². The van der Waals surface area contributed by atoms with Crippen molar-refractivity contribution in [3.8, 4) is 5.75 Å². The van der Waals surface area contributed by atoms with E-state index in [1.54, 1.807) is 12.1 Å². The Morgan fingerprint density at radius 3 is 2.65 bits per heavy atom. The molecule has 1 aromatic carbocycles. The molecule has 0 aromatic heterocycles. The number of ether oxygens (including phenoxy) is 2. The van der Waals surface area contributed by atoms with Gasteiger partial charge in [0, 0.05) is 6.08 Å². The Labute approximate surface area is 151 Å². The first kappa shape index (κ1) is 18.3. The molecule has 1 aliphatic heterocycles. The molecule has 1 fully saturated rings. The molecule has 1 saturated heterocycles. The maximum Gasteiger partial charge on any atom is 0.311 e. The summed E-state index contributed by atoms with van der Waals surface area (Å²) in [6, 6.07) is 6.31. The van der Waals surface area contributed by atoms with Gasteiger partial charge in [0.25, 0.3) is 5.91 Å². The molecule has 1 aliphatic carbocycles. The summed E-state index contributed by atoms with van der Waals surface area (Å²) in [4.78, 5) is 36.4. The van der Waals surface area contributed by atoms with Crippen molar-refractivity contribution in [2.24, 2.45) is 5.41 Å². The number of aliphatic hydroxyl groups is 1. The predicted octanol–water partition coefficient (Wildman–Crippen LogP) is 1.35. The molecule has 1 aromatic rings. The van der Waals surface area contributed by atoms with Gasteiger partial charge >= 0.3 is 5.97 Å². The lowest BCUT2D eigenvalue weighted by molar-refractivity contribution is -0.136. The summed E-state index contributed by atoms with van der Waals surface area (Å²) in [7, 11) is 0. The summed E-state index contributed by atoms with van der Waals surface area (Å²) in [5.41, 5.74) is -0.0318. The zero-order valence-electron chi connectivity index (χ0n) is 14.8. The number of para-hydroxylation sites is 1. The van der Waals surface area contributed by atoms with E-state index in [1.165, 1.54) is 18.2 Å². The second kappa shape index (κ2) is 6.66. The van der Waals surface area contributed by atoms with E-state index in [1.807, 2.05) is 20.8 Å². The maximum absolute atomic E-state index is 12.6. The summed E-state index contributed by atoms with van der Waals surface area (Å²) < 4.78 is 10.4. The highest BCUT2D eigenvalue weighted by Gasteiger charge is 2.53. The van der Waals surface area contributed by atoms with Gasteiger partial charge < -0.3 is 19.9 Å². The van der Waals surface area contributed by atoms with Crippen LogP contribution in [0.4, 0.5) is 0 Å². The molecule has 2 N–H and O–H groups in total. The third kappa shape index (κ3) is 4.00. The van der Waals surface area contributed by atoms with E-state index in [4.69, 9.17) is 9.47 Å². The molecule has 138 valence electrons. The van der Waals surface area contributed by atoms with Gasteiger partial charge in [0.1, 0.15) is 24.1 Å². The van der Waals surface area contributed by atoms with Gasteiger partial charge in [0.05, 0.1) is 17.7 Å². The minimum atomic E-state index is -1.07. The molecule has 3 atom stereocenters. The first-order valence-corrected chi connectivity index (χ1v) is 8.36. The van der Waals surface area contributed by atoms with Crippen LogP contribution in [0.25, 0.3) is 0 Å². The largest absolute Gasteiger partial charge is 0.426 e. The molecule has 0 bridgehead atoms. The number of fused-ring (bicyclic) bond motifs is 1. The number of carbonyl (C=O) groups is 3. The van der Waals surface area contributed by atoms with Gasteiger partial charge in [-0.2, -0.15) is 0 Å². The van der Waals surface area contributed by atoms with Crippen LogP contribution in [0.2, 0.25) is 0 Å². The van der Waals surface area contributed by atoms with Gasteiger partial charge in [0.2, 0.25) is 0 Å². The van der Waals surface area contributed by atoms with Crippen LogP contribution in [0, 0.1) is 5.41 Å². The topological polar surface area (TPSA) is 105 Å². The number of aliphatic hydroxyl groups excluding tert-OH is 1. The molecule has 3 rings (SSSR count). The van der Waals surface area contributed by atoms with E-state index in [9.17, 15) is 19.5 Å². The van der Waals surface area contributed by atoms with Crippen molar-refractivity contribution in [2.45, 2.75) is 45.5 Å². The van der Waals surface area contributed by atoms with Crippen molar-refractivity contribution < 1.29 is 29.0 Å². The number of hydrogen-bond acceptors (Lipinski definition) is 6. The fraction of sp³-hybridized carbons (Fsp3) is 0.421. The fourth-order valence-electron chi connectivity index (χ4n) is 2.73. The van der Waals surface area contributed by atoms with Crippen molar-refractivity contribution in [3.05, 3.63) is 41.6 Å². The average Bonchev–Trinajstić information content (AvgIpc) is 3.32. The summed E-state index contributed by atoms with van der Waals surface area (Å²) in [6.45, 7) is 5.73. The Hall–Kier alpha value is -2.51. The quantitative estimate of drug-likeness (QED) is 0.478. The number of nitrogens with one attached hydrogen (secondary N) is 1. The second-order valence-electron chi connectivity index (χ2n) is 7.63. The minimum Gasteiger partial charge on any atom is -0.426 e. The highest BCUT2D eigenvalue weighted by Crippen LogP contribution is 2.33. The maximum atomic E-state index is 12.6. The summed E-state index contributed by atoms with van der Waals surface area (Å²) in [6.07, 6.45) is -0.927. The van der Waals surface area contributed by atoms with Crippen LogP contribution in [-0.4, -0.2) is 41.1 Å². The Bertz CT molecular complexity index is 791. The second-order valence-corrected chi connectivity index (χ2v) is 7.63. The molecule has 0 spiro atoms. The number of rotatable bonds is 4. The molecule has 3 unspecified atom stereocenters. The number of esters is 1. The third-order valence-corrected chi connectivity index (χ3v) is 4.02. The van der Waals surface area contributed by atoms with Crippen LogP contribution in [0.5, 0.6) is 5.75 Å². The van der Waals surface area contributed by atoms with Crippen molar-refractivity contribution in [3.63, 3.8) is 0 Å². The van der Waals surface area contributed by atoms with Gasteiger partial charge in [0.15, 0.2) is 5.78 Å². The lowest BCUT2D eigenvalue weighted by Crippen LogP contribution is -2.37. The Kier molecular flexibility index (Phi) is 4.68. The highest BCUT2D eigenvalue weighted by atomic mass is 16.6. The van der Waals surface area contributed by atoms with E-state index < -0.39 is 30.2 Å². The lowest BCUT2D eigenvalue weighted by atomic mass is 9.92. The smallest absolute Gasteiger partial charge is 0.311 e. The predicted molar refractivity (Wildman–Crippen MR) is 91.4 cm³/mol. The summed E-state index contributed by atoms with van der Waals surface area (Å²) >= 11 is 0. The van der Waals surface area contributed by atoms with Crippen LogP contribution >= 0.6 is 0 Å². The molecule has 26 heavy (non-hydrogen) atoms. The van der Waals surface area contributed by atoms with Crippen molar-refractivity contribution >= 4 is 17.7 Å². The molecule has 0 radical (unpaired) electrons. The average molecular weight is 359 g/mol. The first-order valence-electron chi connectivity index (χ1n) is 8.36. The Morgan fingerprint density at radius 2 is 1.96 bits per heavy atom. The molecule has 7 heteroatoms. The first-order chi connectivity index (χ1) is 12.2. The lowest BCUT2D eigenvalue weighted by Gasteiger charge is -2.19. The monoisotopic (exact) mass is 359 g/mol. The molecule has 0 saturated carbocycles. The summed E-state index contributed by atoms with van der Waals surface area (Å²) in [5, 5.41) is 12.6. The molecule has 1 amide bonds. The number of carbonyl (C=O) groups excluding carboxylic acids is 3. The van der Waals surface area contributed by atoms with Gasteiger partial charge in [-0.25, -0.2) is 0 Å². The minimum absolute atomic E-state index is 0.0783. The van der Waals surface area contributed by atoms with Gasteiger partial charge in [-0.1, -0.05) is 32.9 Å². The van der Waals surface area contributed by atoms with Gasteiger partial charge in [-0.15, -0.1) is 0 Å². The van der Waals surface area contributed by atoms with Crippen molar-refractivity contribution in [1.82, 2.24) is 5.32 Å². The van der Waals surface area contributed by atoms with Crippen LogP contribution in [0.1, 0.15) is 37.6 Å². The molecule has 1 heterocycles. The fourth-order valence-corrected chi connectivity index (χ4v) is 2.73. The Morgan fingerprint density at radius 1 is 1.27 bits per heavy atom. The van der Waals surface area contributed by atoms with E-state index >= 15 is 0 Å². The molecular formula is C19H21NO6. The number of epoxide rings is 1. The van der Waals surface area contributed by atoms with Crippen LogP contribution in [0.3, 0.4) is 0 Å². The van der Waals surface area contributed by atoms with Crippen LogP contribution in [-0.2, 0) is 14.3 Å².